The van der Waals surface area contributed by atoms with Gasteiger partial charge in [-0.25, -0.2) is 8.42 Å². The smallest absolute Gasteiger partial charge is 0.316 e. The highest BCUT2D eigenvalue weighted by atomic mass is 32.2. The van der Waals surface area contributed by atoms with Crippen LogP contribution in [0, 0.1) is 5.92 Å². The predicted molar refractivity (Wildman–Crippen MR) is 68.8 cm³/mol. The lowest BCUT2D eigenvalue weighted by Gasteiger charge is -2.04. The number of nitrogen functional groups attached to an aromatic ring is 1. The first-order chi connectivity index (χ1) is 8.79. The molecule has 0 spiro atoms. The van der Waals surface area contributed by atoms with Crippen LogP contribution >= 0.6 is 0 Å². The Balaban J connectivity index is 2.40. The third-order valence-electron chi connectivity index (χ3n) is 2.61. The van der Waals surface area contributed by atoms with E-state index in [1.165, 1.54) is 13.0 Å². The van der Waals surface area contributed by atoms with Gasteiger partial charge in [-0.05, 0) is 12.1 Å². The number of fused-ring (bicyclic) bond motifs is 1. The summed E-state index contributed by atoms with van der Waals surface area (Å²) in [6.45, 7) is 1.43. The second-order valence-corrected chi connectivity index (χ2v) is 6.20. The van der Waals surface area contributed by atoms with Crippen LogP contribution in [0.15, 0.2) is 27.8 Å². The first kappa shape index (κ1) is 13.3. The lowest BCUT2D eigenvalue weighted by atomic mass is 10.2. The maximum atomic E-state index is 12.0. The Labute approximate surface area is 109 Å². The SMILES string of the molecule is CC(CS(=O)(=O)c1nc2ccc(N)cc2o1)C(N)=O. The summed E-state index contributed by atoms with van der Waals surface area (Å²) in [5.41, 5.74) is 11.7. The van der Waals surface area contributed by atoms with Crippen molar-refractivity contribution >= 4 is 32.5 Å². The van der Waals surface area contributed by atoms with Crippen LogP contribution in [0.4, 0.5) is 5.69 Å². The Morgan fingerprint density at radius 1 is 1.47 bits per heavy atom. The van der Waals surface area contributed by atoms with E-state index in [9.17, 15) is 13.2 Å². The molecule has 0 bridgehead atoms. The fourth-order valence-corrected chi connectivity index (χ4v) is 2.95. The maximum Gasteiger partial charge on any atom is 0.316 e. The summed E-state index contributed by atoms with van der Waals surface area (Å²) in [5, 5.41) is -0.429. The third kappa shape index (κ3) is 2.68. The highest BCUT2D eigenvalue weighted by Gasteiger charge is 2.26. The second kappa shape index (κ2) is 4.54. The molecule has 1 unspecified atom stereocenters. The van der Waals surface area contributed by atoms with Crippen LogP contribution in [-0.2, 0) is 14.6 Å². The summed E-state index contributed by atoms with van der Waals surface area (Å²) in [6.07, 6.45) is 0. The van der Waals surface area contributed by atoms with Gasteiger partial charge in [0.2, 0.25) is 15.7 Å². The summed E-state index contributed by atoms with van der Waals surface area (Å²) in [6, 6.07) is 4.64. The largest absolute Gasteiger partial charge is 0.428 e. The molecule has 0 fully saturated rings. The fourth-order valence-electron chi connectivity index (χ4n) is 1.54. The quantitative estimate of drug-likeness (QED) is 0.776. The van der Waals surface area contributed by atoms with Crippen molar-refractivity contribution in [2.75, 3.05) is 11.5 Å². The number of carbonyl (C=O) groups excluding carboxylic acids is 1. The Hall–Kier alpha value is -2.09. The van der Waals surface area contributed by atoms with Crippen molar-refractivity contribution in [3.63, 3.8) is 0 Å². The number of aromatic nitrogens is 1. The maximum absolute atomic E-state index is 12.0. The molecule has 0 radical (unpaired) electrons. The minimum absolute atomic E-state index is 0.283. The molecular weight excluding hydrogens is 270 g/mol. The van der Waals surface area contributed by atoms with E-state index in [0.29, 0.717) is 11.2 Å². The average Bonchev–Trinajstić information content (AvgIpc) is 2.71. The van der Waals surface area contributed by atoms with Crippen molar-refractivity contribution in [1.82, 2.24) is 4.98 Å². The molecule has 2 aromatic rings. The monoisotopic (exact) mass is 283 g/mol. The van der Waals surface area contributed by atoms with E-state index < -0.39 is 32.6 Å². The molecule has 1 heterocycles. The van der Waals surface area contributed by atoms with E-state index in [-0.39, 0.29) is 5.58 Å². The second-order valence-electron chi connectivity index (χ2n) is 4.29. The summed E-state index contributed by atoms with van der Waals surface area (Å²) < 4.78 is 29.2. The van der Waals surface area contributed by atoms with Crippen LogP contribution in [0.2, 0.25) is 0 Å². The number of rotatable bonds is 4. The molecule has 2 rings (SSSR count). The van der Waals surface area contributed by atoms with E-state index >= 15 is 0 Å². The fraction of sp³-hybridized carbons (Fsp3) is 0.273. The lowest BCUT2D eigenvalue weighted by Crippen LogP contribution is -2.27. The van der Waals surface area contributed by atoms with E-state index in [0.717, 1.165) is 0 Å². The van der Waals surface area contributed by atoms with Crippen LogP contribution in [0.1, 0.15) is 6.92 Å². The van der Waals surface area contributed by atoms with E-state index in [1.807, 2.05) is 0 Å². The van der Waals surface area contributed by atoms with Crippen LogP contribution in [0.3, 0.4) is 0 Å². The van der Waals surface area contributed by atoms with Crippen molar-refractivity contribution in [3.8, 4) is 0 Å². The first-order valence-electron chi connectivity index (χ1n) is 5.48. The van der Waals surface area contributed by atoms with Crippen LogP contribution < -0.4 is 11.5 Å². The molecule has 0 aliphatic heterocycles. The number of carbonyl (C=O) groups is 1. The first-order valence-corrected chi connectivity index (χ1v) is 7.13. The van der Waals surface area contributed by atoms with E-state index in [2.05, 4.69) is 4.98 Å². The molecule has 102 valence electrons. The number of oxazole rings is 1. The highest BCUT2D eigenvalue weighted by molar-refractivity contribution is 7.91. The molecule has 1 aromatic carbocycles. The number of hydrogen-bond donors (Lipinski definition) is 2. The molecule has 1 atom stereocenters. The van der Waals surface area contributed by atoms with Crippen LogP contribution in [0.25, 0.3) is 11.1 Å². The van der Waals surface area contributed by atoms with Crippen LogP contribution in [0.5, 0.6) is 0 Å². The molecule has 1 aromatic heterocycles. The number of nitrogens with two attached hydrogens (primary N) is 2. The Bertz CT molecular complexity index is 735. The third-order valence-corrected chi connectivity index (χ3v) is 4.26. The topological polar surface area (TPSA) is 129 Å². The van der Waals surface area contributed by atoms with Crippen molar-refractivity contribution in [2.24, 2.45) is 11.7 Å². The summed E-state index contributed by atoms with van der Waals surface area (Å²) in [4.78, 5) is 14.8. The van der Waals surface area contributed by atoms with Gasteiger partial charge in [-0.15, -0.1) is 0 Å². The molecule has 1 amide bonds. The van der Waals surface area contributed by atoms with Gasteiger partial charge in [0.05, 0.1) is 5.75 Å². The van der Waals surface area contributed by atoms with Gasteiger partial charge in [0.25, 0.3) is 0 Å². The number of anilines is 1. The molecule has 0 aliphatic carbocycles. The van der Waals surface area contributed by atoms with E-state index in [1.54, 1.807) is 12.1 Å². The van der Waals surface area contributed by atoms with Gasteiger partial charge in [-0.3, -0.25) is 4.79 Å². The zero-order valence-corrected chi connectivity index (χ0v) is 11.0. The molecule has 19 heavy (non-hydrogen) atoms. The predicted octanol–water partition coefficient (Wildman–Crippen LogP) is 0.305. The van der Waals surface area contributed by atoms with Gasteiger partial charge in [-0.2, -0.15) is 4.98 Å². The Morgan fingerprint density at radius 2 is 2.16 bits per heavy atom. The molecule has 7 nitrogen and oxygen atoms in total. The zero-order valence-electron chi connectivity index (χ0n) is 10.2. The molecular formula is C11H13N3O4S. The number of nitrogens with zero attached hydrogens (tertiary/aromatic N) is 1. The molecule has 0 aliphatic rings. The zero-order chi connectivity index (χ0) is 14.2. The number of amides is 1. The standard InChI is InChI=1S/C11H13N3O4S/c1-6(10(13)15)5-19(16,17)11-14-8-3-2-7(12)4-9(8)18-11/h2-4,6H,5,12H2,1H3,(H2,13,15). The highest BCUT2D eigenvalue weighted by Crippen LogP contribution is 2.22. The van der Waals surface area contributed by atoms with Crippen LogP contribution in [-0.4, -0.2) is 25.1 Å². The number of primary amides is 1. The van der Waals surface area contributed by atoms with Crippen molar-refractivity contribution < 1.29 is 17.6 Å². The normalized spacial score (nSPS) is 13.5. The van der Waals surface area contributed by atoms with Gasteiger partial charge in [0, 0.05) is 17.7 Å². The molecule has 0 saturated carbocycles. The summed E-state index contributed by atoms with van der Waals surface area (Å²) in [5.74, 6) is -1.95. The summed E-state index contributed by atoms with van der Waals surface area (Å²) >= 11 is 0. The van der Waals surface area contributed by atoms with Gasteiger partial charge >= 0.3 is 5.22 Å². The minimum Gasteiger partial charge on any atom is -0.428 e. The van der Waals surface area contributed by atoms with Crippen molar-refractivity contribution in [1.29, 1.82) is 0 Å². The van der Waals surface area contributed by atoms with Gasteiger partial charge < -0.3 is 15.9 Å². The molecule has 4 N–H and O–H groups in total. The summed E-state index contributed by atoms with van der Waals surface area (Å²) in [7, 11) is -3.80. The molecule has 8 heteroatoms. The number of hydrogen-bond acceptors (Lipinski definition) is 6. The Kier molecular flexibility index (Phi) is 3.19. The van der Waals surface area contributed by atoms with Crippen molar-refractivity contribution in [3.05, 3.63) is 18.2 Å². The van der Waals surface area contributed by atoms with Crippen molar-refractivity contribution in [2.45, 2.75) is 12.1 Å². The van der Waals surface area contributed by atoms with Gasteiger partial charge in [-0.1, -0.05) is 6.92 Å². The Morgan fingerprint density at radius 3 is 2.79 bits per heavy atom. The van der Waals surface area contributed by atoms with E-state index in [4.69, 9.17) is 15.9 Å². The van der Waals surface area contributed by atoms with Gasteiger partial charge in [0.1, 0.15) is 5.52 Å². The lowest BCUT2D eigenvalue weighted by molar-refractivity contribution is -0.120. The minimum atomic E-state index is -3.80. The number of benzene rings is 1. The number of sulfone groups is 1. The average molecular weight is 283 g/mol. The molecule has 0 saturated heterocycles. The van der Waals surface area contributed by atoms with Gasteiger partial charge in [0.15, 0.2) is 5.58 Å².